The Balaban J connectivity index is 2.60. The normalized spacial score (nSPS) is 11.1. The van der Waals surface area contributed by atoms with Gasteiger partial charge in [0.1, 0.15) is 5.56 Å². The Kier molecular flexibility index (Phi) is 4.06. The summed E-state index contributed by atoms with van der Waals surface area (Å²) in [6, 6.07) is 10.9. The zero-order valence-electron chi connectivity index (χ0n) is 10.4. The predicted octanol–water partition coefficient (Wildman–Crippen LogP) is 2.75. The van der Waals surface area contributed by atoms with Crippen LogP contribution in [0.1, 0.15) is 15.9 Å². The summed E-state index contributed by atoms with van der Waals surface area (Å²) in [4.78, 5) is 22.0. The number of benzene rings is 2. The van der Waals surface area contributed by atoms with Gasteiger partial charge in [-0.1, -0.05) is 30.3 Å². The van der Waals surface area contributed by atoms with Gasteiger partial charge in [0.05, 0.1) is 9.82 Å². The summed E-state index contributed by atoms with van der Waals surface area (Å²) in [5.41, 5.74) is -0.539. The Labute approximate surface area is 124 Å². The number of nitro groups is 1. The molecule has 0 bridgehead atoms. The van der Waals surface area contributed by atoms with Crippen LogP contribution in [0.3, 0.4) is 0 Å². The van der Waals surface area contributed by atoms with E-state index in [0.717, 1.165) is 18.2 Å². The van der Waals surface area contributed by atoms with Gasteiger partial charge in [-0.2, -0.15) is 0 Å². The average molecular weight is 326 g/mol. The molecule has 8 heteroatoms. The Morgan fingerprint density at radius 3 is 2.24 bits per heavy atom. The Morgan fingerprint density at radius 2 is 1.71 bits per heavy atom. The number of rotatable bonds is 4. The standard InChI is InChI=1S/C13H8ClNO5S/c14-21(19,20)10-6-7-11(12(8-10)15(17)18)13(16)9-4-2-1-3-5-9/h1-8H. The van der Waals surface area contributed by atoms with Gasteiger partial charge in [-0.15, -0.1) is 0 Å². The van der Waals surface area contributed by atoms with E-state index in [1.54, 1.807) is 18.2 Å². The smallest absolute Gasteiger partial charge is 0.281 e. The van der Waals surface area contributed by atoms with Crippen LogP contribution in [-0.2, 0) is 9.05 Å². The molecule has 0 N–H and O–H groups in total. The quantitative estimate of drug-likeness (QED) is 0.373. The van der Waals surface area contributed by atoms with Crippen LogP contribution in [0.15, 0.2) is 53.4 Å². The number of nitro benzene ring substituents is 1. The van der Waals surface area contributed by atoms with Crippen LogP contribution >= 0.6 is 10.7 Å². The lowest BCUT2D eigenvalue weighted by atomic mass is 10.0. The minimum Gasteiger partial charge on any atom is -0.288 e. The Hall–Kier alpha value is -2.25. The van der Waals surface area contributed by atoms with Crippen molar-refractivity contribution in [3.63, 3.8) is 0 Å². The summed E-state index contributed by atoms with van der Waals surface area (Å²) in [5.74, 6) is -0.569. The van der Waals surface area contributed by atoms with Crippen LogP contribution in [0.4, 0.5) is 5.69 Å². The molecular formula is C13H8ClNO5S. The van der Waals surface area contributed by atoms with Crippen LogP contribution in [0.2, 0.25) is 0 Å². The number of carbonyl (C=O) groups is 1. The van der Waals surface area contributed by atoms with Crippen LogP contribution in [-0.4, -0.2) is 19.1 Å². The molecule has 0 unspecified atom stereocenters. The van der Waals surface area contributed by atoms with Crippen LogP contribution < -0.4 is 0 Å². The maximum absolute atomic E-state index is 12.2. The van der Waals surface area contributed by atoms with Crippen molar-refractivity contribution in [3.8, 4) is 0 Å². The highest BCUT2D eigenvalue weighted by Crippen LogP contribution is 2.27. The van der Waals surface area contributed by atoms with Gasteiger partial charge in [0.25, 0.3) is 14.7 Å². The fourth-order valence-corrected chi connectivity index (χ4v) is 2.52. The van der Waals surface area contributed by atoms with E-state index in [1.807, 2.05) is 0 Å². The van der Waals surface area contributed by atoms with E-state index in [-0.39, 0.29) is 11.1 Å². The van der Waals surface area contributed by atoms with Crippen molar-refractivity contribution in [2.24, 2.45) is 0 Å². The molecule has 0 aliphatic rings. The molecule has 6 nitrogen and oxygen atoms in total. The third kappa shape index (κ3) is 3.26. The number of hydrogen-bond acceptors (Lipinski definition) is 5. The molecule has 0 saturated heterocycles. The second-order valence-corrected chi connectivity index (χ2v) is 6.64. The number of hydrogen-bond donors (Lipinski definition) is 0. The first kappa shape index (κ1) is 15.1. The van der Waals surface area contributed by atoms with E-state index in [4.69, 9.17) is 10.7 Å². The zero-order valence-corrected chi connectivity index (χ0v) is 12.0. The predicted molar refractivity (Wildman–Crippen MR) is 76.0 cm³/mol. The topological polar surface area (TPSA) is 94.3 Å². The minimum atomic E-state index is -4.11. The summed E-state index contributed by atoms with van der Waals surface area (Å²) < 4.78 is 22.4. The highest BCUT2D eigenvalue weighted by Gasteiger charge is 2.24. The number of ketones is 1. The number of nitrogens with zero attached hydrogens (tertiary/aromatic N) is 1. The molecule has 0 heterocycles. The molecule has 108 valence electrons. The lowest BCUT2D eigenvalue weighted by Gasteiger charge is -2.04. The van der Waals surface area contributed by atoms with E-state index in [0.29, 0.717) is 0 Å². The molecule has 0 radical (unpaired) electrons. The second-order valence-electron chi connectivity index (χ2n) is 4.07. The molecule has 0 amide bonds. The van der Waals surface area contributed by atoms with Crippen LogP contribution in [0.5, 0.6) is 0 Å². The maximum atomic E-state index is 12.2. The van der Waals surface area contributed by atoms with Gasteiger partial charge in [-0.05, 0) is 12.1 Å². The van der Waals surface area contributed by atoms with E-state index in [1.165, 1.54) is 12.1 Å². The number of halogens is 1. The summed E-state index contributed by atoms with van der Waals surface area (Å²) in [6.07, 6.45) is 0. The van der Waals surface area contributed by atoms with Crippen molar-refractivity contribution in [3.05, 3.63) is 69.8 Å². The van der Waals surface area contributed by atoms with Crippen molar-refractivity contribution in [2.75, 3.05) is 0 Å². The highest BCUT2D eigenvalue weighted by atomic mass is 35.7. The molecule has 21 heavy (non-hydrogen) atoms. The molecule has 0 aromatic heterocycles. The molecule has 0 fully saturated rings. The molecule has 0 atom stereocenters. The van der Waals surface area contributed by atoms with Crippen molar-refractivity contribution in [1.82, 2.24) is 0 Å². The molecule has 0 aliphatic carbocycles. The second kappa shape index (κ2) is 5.63. The summed E-state index contributed by atoms with van der Waals surface area (Å²) in [7, 11) is 1.04. The lowest BCUT2D eigenvalue weighted by Crippen LogP contribution is -2.06. The molecule has 2 aromatic carbocycles. The van der Waals surface area contributed by atoms with Gasteiger partial charge in [-0.25, -0.2) is 8.42 Å². The van der Waals surface area contributed by atoms with Crippen molar-refractivity contribution in [2.45, 2.75) is 4.90 Å². The largest absolute Gasteiger partial charge is 0.288 e. The first-order valence-electron chi connectivity index (χ1n) is 5.63. The van der Waals surface area contributed by atoms with Crippen LogP contribution in [0, 0.1) is 10.1 Å². The monoisotopic (exact) mass is 325 g/mol. The summed E-state index contributed by atoms with van der Waals surface area (Å²) in [6.45, 7) is 0. The van der Waals surface area contributed by atoms with Crippen LogP contribution in [0.25, 0.3) is 0 Å². The molecule has 0 spiro atoms. The van der Waals surface area contributed by atoms with E-state index in [9.17, 15) is 23.3 Å². The molecule has 0 saturated carbocycles. The highest BCUT2D eigenvalue weighted by molar-refractivity contribution is 8.13. The summed E-state index contributed by atoms with van der Waals surface area (Å²) in [5, 5.41) is 11.1. The molecule has 0 aliphatic heterocycles. The Bertz CT molecular complexity index is 818. The van der Waals surface area contributed by atoms with E-state index in [2.05, 4.69) is 0 Å². The van der Waals surface area contributed by atoms with E-state index >= 15 is 0 Å². The SMILES string of the molecule is O=C(c1ccccc1)c1ccc(S(=O)(=O)Cl)cc1[N+](=O)[O-]. The molecule has 2 rings (SSSR count). The van der Waals surface area contributed by atoms with Gasteiger partial charge < -0.3 is 0 Å². The zero-order chi connectivity index (χ0) is 15.6. The molecular weight excluding hydrogens is 318 g/mol. The summed E-state index contributed by atoms with van der Waals surface area (Å²) >= 11 is 0. The minimum absolute atomic E-state index is 0.199. The fraction of sp³-hybridized carbons (Fsp3) is 0. The lowest BCUT2D eigenvalue weighted by molar-refractivity contribution is -0.385. The fourth-order valence-electron chi connectivity index (χ4n) is 1.75. The first-order valence-corrected chi connectivity index (χ1v) is 7.94. The van der Waals surface area contributed by atoms with Crippen molar-refractivity contribution in [1.29, 1.82) is 0 Å². The maximum Gasteiger partial charge on any atom is 0.281 e. The van der Waals surface area contributed by atoms with Gasteiger partial charge in [-0.3, -0.25) is 14.9 Å². The van der Waals surface area contributed by atoms with Gasteiger partial charge in [0.15, 0.2) is 5.78 Å². The Morgan fingerprint density at radius 1 is 1.10 bits per heavy atom. The molecule has 2 aromatic rings. The van der Waals surface area contributed by atoms with Crippen molar-refractivity contribution < 1.29 is 18.1 Å². The van der Waals surface area contributed by atoms with Crippen molar-refractivity contribution >= 4 is 31.2 Å². The number of carbonyl (C=O) groups excluding carboxylic acids is 1. The van der Waals surface area contributed by atoms with Gasteiger partial charge >= 0.3 is 0 Å². The van der Waals surface area contributed by atoms with Gasteiger partial charge in [0, 0.05) is 22.3 Å². The average Bonchev–Trinajstić information content (AvgIpc) is 2.45. The third-order valence-corrected chi connectivity index (χ3v) is 4.08. The van der Waals surface area contributed by atoms with Gasteiger partial charge in [0.2, 0.25) is 0 Å². The van der Waals surface area contributed by atoms with E-state index < -0.39 is 30.3 Å². The third-order valence-electron chi connectivity index (χ3n) is 2.73. The first-order chi connectivity index (χ1) is 9.80.